The topological polar surface area (TPSA) is 51.8 Å². The molecule has 1 aliphatic rings. The molecule has 1 aliphatic carbocycles. The Kier molecular flexibility index (Phi) is 4.61. The van der Waals surface area contributed by atoms with Gasteiger partial charge in [0.05, 0.1) is 0 Å². The van der Waals surface area contributed by atoms with Crippen LogP contribution in [0.1, 0.15) is 38.4 Å². The predicted octanol–water partition coefficient (Wildman–Crippen LogP) is 2.71. The quantitative estimate of drug-likeness (QED) is 0.824. The van der Waals surface area contributed by atoms with E-state index in [1.807, 2.05) is 11.8 Å². The normalized spacial score (nSPS) is 25.1. The maximum Gasteiger partial charge on any atom is 0.170 e. The molecule has 2 atom stereocenters. The van der Waals surface area contributed by atoms with Gasteiger partial charge in [-0.15, -0.1) is 0 Å². The highest BCUT2D eigenvalue weighted by molar-refractivity contribution is 8.00. The van der Waals surface area contributed by atoms with Gasteiger partial charge in [0, 0.05) is 18.2 Å². The van der Waals surface area contributed by atoms with Crippen LogP contribution in [0.15, 0.2) is 4.34 Å². The van der Waals surface area contributed by atoms with Crippen LogP contribution < -0.4 is 5.73 Å². The first-order chi connectivity index (χ1) is 7.79. The number of hydrogen-bond acceptors (Lipinski definition) is 5. The second-order valence-corrected chi connectivity index (χ2v) is 6.42. The Balaban J connectivity index is 1.71. The van der Waals surface area contributed by atoms with Gasteiger partial charge in [0.25, 0.3) is 0 Å². The van der Waals surface area contributed by atoms with Gasteiger partial charge in [-0.3, -0.25) is 0 Å². The number of rotatable bonds is 5. The molecule has 2 N–H and O–H groups in total. The van der Waals surface area contributed by atoms with E-state index in [1.165, 1.54) is 37.2 Å². The van der Waals surface area contributed by atoms with Crippen LogP contribution in [0.2, 0.25) is 0 Å². The zero-order valence-electron chi connectivity index (χ0n) is 9.69. The summed E-state index contributed by atoms with van der Waals surface area (Å²) in [5, 5.41) is 0. The summed E-state index contributed by atoms with van der Waals surface area (Å²) in [5.74, 6) is 2.85. The average Bonchev–Trinajstić information content (AvgIpc) is 2.89. The maximum absolute atomic E-state index is 6.05. The second kappa shape index (κ2) is 5.98. The van der Waals surface area contributed by atoms with E-state index in [1.54, 1.807) is 0 Å². The molecule has 2 rings (SSSR count). The lowest BCUT2D eigenvalue weighted by atomic mass is 10.0. The summed E-state index contributed by atoms with van der Waals surface area (Å²) in [7, 11) is 0. The molecule has 0 bridgehead atoms. The highest BCUT2D eigenvalue weighted by atomic mass is 32.2. The monoisotopic (exact) mass is 257 g/mol. The van der Waals surface area contributed by atoms with Crippen LogP contribution in [-0.4, -0.2) is 21.2 Å². The summed E-state index contributed by atoms with van der Waals surface area (Å²) in [6, 6.07) is 0.446. The molecule has 1 aromatic heterocycles. The van der Waals surface area contributed by atoms with E-state index >= 15 is 0 Å². The summed E-state index contributed by atoms with van der Waals surface area (Å²) < 4.78 is 5.40. The largest absolute Gasteiger partial charge is 0.327 e. The molecule has 5 heteroatoms. The Morgan fingerprint density at radius 2 is 2.38 bits per heavy atom. The van der Waals surface area contributed by atoms with Crippen molar-refractivity contribution in [3.05, 3.63) is 5.82 Å². The third-order valence-corrected chi connectivity index (χ3v) is 5.10. The van der Waals surface area contributed by atoms with Crippen molar-refractivity contribution in [1.82, 2.24) is 9.36 Å². The highest BCUT2D eigenvalue weighted by Gasteiger charge is 2.23. The fourth-order valence-corrected chi connectivity index (χ4v) is 4.00. The first-order valence-electron chi connectivity index (χ1n) is 6.00. The van der Waals surface area contributed by atoms with Gasteiger partial charge in [0.2, 0.25) is 0 Å². The maximum atomic E-state index is 6.05. The SMILES string of the molecule is CCc1nsc(SCCC2CCCC2N)n1. The number of hydrogen-bond donors (Lipinski definition) is 1. The van der Waals surface area contributed by atoms with E-state index in [-0.39, 0.29) is 0 Å². The van der Waals surface area contributed by atoms with Gasteiger partial charge < -0.3 is 5.73 Å². The molecule has 0 saturated heterocycles. The Labute approximate surface area is 105 Å². The molecule has 1 fully saturated rings. The number of nitrogens with two attached hydrogens (primary N) is 1. The fourth-order valence-electron chi connectivity index (χ4n) is 2.16. The van der Waals surface area contributed by atoms with Crippen molar-refractivity contribution in [2.24, 2.45) is 11.7 Å². The van der Waals surface area contributed by atoms with Crippen LogP contribution in [0.4, 0.5) is 0 Å². The van der Waals surface area contributed by atoms with Crippen molar-refractivity contribution in [1.29, 1.82) is 0 Å². The summed E-state index contributed by atoms with van der Waals surface area (Å²) in [5.41, 5.74) is 6.05. The number of aryl methyl sites for hydroxylation is 1. The number of thioether (sulfide) groups is 1. The summed E-state index contributed by atoms with van der Waals surface area (Å²) in [6.07, 6.45) is 6.01. The van der Waals surface area contributed by atoms with Crippen molar-refractivity contribution in [2.45, 2.75) is 49.4 Å². The van der Waals surface area contributed by atoms with Gasteiger partial charge in [-0.05, 0) is 36.7 Å². The van der Waals surface area contributed by atoms with Crippen LogP contribution >= 0.6 is 23.3 Å². The molecule has 0 spiro atoms. The van der Waals surface area contributed by atoms with Gasteiger partial charge in [-0.2, -0.15) is 4.37 Å². The molecular formula is C11H19N3S2. The Hall–Kier alpha value is -0.130. The van der Waals surface area contributed by atoms with Crippen LogP contribution in [0.3, 0.4) is 0 Å². The molecule has 16 heavy (non-hydrogen) atoms. The fraction of sp³-hybridized carbons (Fsp3) is 0.818. The summed E-state index contributed by atoms with van der Waals surface area (Å²) in [4.78, 5) is 4.45. The van der Waals surface area contributed by atoms with Crippen molar-refractivity contribution < 1.29 is 0 Å². The lowest BCUT2D eigenvalue weighted by Gasteiger charge is -2.13. The Morgan fingerprint density at radius 1 is 1.50 bits per heavy atom. The first kappa shape index (κ1) is 12.3. The highest BCUT2D eigenvalue weighted by Crippen LogP contribution is 2.30. The van der Waals surface area contributed by atoms with Crippen molar-refractivity contribution in [2.75, 3.05) is 5.75 Å². The van der Waals surface area contributed by atoms with Crippen LogP contribution in [0.5, 0.6) is 0 Å². The standard InChI is InChI=1S/C11H19N3S2/c1-2-10-13-11(16-14-10)15-7-6-8-4-3-5-9(8)12/h8-9H,2-7,12H2,1H3. The van der Waals surface area contributed by atoms with Gasteiger partial charge in [-0.25, -0.2) is 4.98 Å². The third-order valence-electron chi connectivity index (χ3n) is 3.20. The molecule has 0 aromatic carbocycles. The van der Waals surface area contributed by atoms with Crippen molar-refractivity contribution in [3.63, 3.8) is 0 Å². The van der Waals surface area contributed by atoms with Crippen LogP contribution in [-0.2, 0) is 6.42 Å². The molecular weight excluding hydrogens is 238 g/mol. The average molecular weight is 257 g/mol. The molecule has 3 nitrogen and oxygen atoms in total. The van der Waals surface area contributed by atoms with Gasteiger partial charge in [0.1, 0.15) is 5.82 Å². The summed E-state index contributed by atoms with van der Waals surface area (Å²) >= 11 is 3.36. The second-order valence-electron chi connectivity index (χ2n) is 4.32. The van der Waals surface area contributed by atoms with Crippen molar-refractivity contribution >= 4 is 23.3 Å². The van der Waals surface area contributed by atoms with E-state index in [4.69, 9.17) is 5.73 Å². The first-order valence-corrected chi connectivity index (χ1v) is 7.76. The minimum Gasteiger partial charge on any atom is -0.327 e. The molecule has 0 aliphatic heterocycles. The Morgan fingerprint density at radius 3 is 3.00 bits per heavy atom. The van der Waals surface area contributed by atoms with Crippen molar-refractivity contribution in [3.8, 4) is 0 Å². The molecule has 1 aromatic rings. The molecule has 1 saturated carbocycles. The predicted molar refractivity (Wildman–Crippen MR) is 69.9 cm³/mol. The minimum absolute atomic E-state index is 0.446. The minimum atomic E-state index is 0.446. The van der Waals surface area contributed by atoms with Gasteiger partial charge in [-0.1, -0.05) is 25.1 Å². The van der Waals surface area contributed by atoms with E-state index in [2.05, 4.69) is 16.3 Å². The van der Waals surface area contributed by atoms with Crippen LogP contribution in [0, 0.1) is 5.92 Å². The van der Waals surface area contributed by atoms with E-state index in [9.17, 15) is 0 Å². The molecule has 0 radical (unpaired) electrons. The number of nitrogens with zero attached hydrogens (tertiary/aromatic N) is 2. The molecule has 0 amide bonds. The number of aromatic nitrogens is 2. The lowest BCUT2D eigenvalue weighted by molar-refractivity contribution is 0.470. The Bertz CT molecular complexity index is 327. The van der Waals surface area contributed by atoms with E-state index < -0.39 is 0 Å². The molecule has 1 heterocycles. The zero-order valence-corrected chi connectivity index (χ0v) is 11.3. The molecule has 2 unspecified atom stereocenters. The lowest BCUT2D eigenvalue weighted by Crippen LogP contribution is -2.24. The molecule has 90 valence electrons. The van der Waals surface area contributed by atoms with E-state index in [0.29, 0.717) is 6.04 Å². The smallest absolute Gasteiger partial charge is 0.170 e. The van der Waals surface area contributed by atoms with E-state index in [0.717, 1.165) is 28.3 Å². The van der Waals surface area contributed by atoms with Gasteiger partial charge in [0.15, 0.2) is 4.34 Å². The van der Waals surface area contributed by atoms with Gasteiger partial charge >= 0.3 is 0 Å². The third kappa shape index (κ3) is 3.18. The summed E-state index contributed by atoms with van der Waals surface area (Å²) in [6.45, 7) is 2.09. The zero-order chi connectivity index (χ0) is 11.4. The van der Waals surface area contributed by atoms with Crippen LogP contribution in [0.25, 0.3) is 0 Å².